The van der Waals surface area contributed by atoms with Crippen molar-refractivity contribution in [3.05, 3.63) is 72.3 Å². The molecule has 0 heterocycles. The number of benzene rings is 2. The third kappa shape index (κ3) is 6.14. The van der Waals surface area contributed by atoms with Crippen LogP contribution in [0, 0.1) is 0 Å². The minimum Gasteiger partial charge on any atom is -0.490 e. The van der Waals surface area contributed by atoms with Crippen LogP contribution in [-0.4, -0.2) is 25.3 Å². The van der Waals surface area contributed by atoms with E-state index < -0.39 is 0 Å². The average Bonchev–Trinajstić information content (AvgIpc) is 2.62. The molecule has 130 valence electrons. The predicted molar refractivity (Wildman–Crippen MR) is 99.2 cm³/mol. The summed E-state index contributed by atoms with van der Waals surface area (Å²) in [5, 5.41) is 3.99. The molecule has 25 heavy (non-hydrogen) atoms. The van der Waals surface area contributed by atoms with Gasteiger partial charge < -0.3 is 9.47 Å². The lowest BCUT2D eigenvalue weighted by Gasteiger charge is -2.11. The summed E-state index contributed by atoms with van der Waals surface area (Å²) in [6.45, 7) is 6.47. The number of hydrazone groups is 1. The first-order valence-corrected chi connectivity index (χ1v) is 8.09. The van der Waals surface area contributed by atoms with Crippen molar-refractivity contribution in [2.75, 3.05) is 13.2 Å². The van der Waals surface area contributed by atoms with Crippen molar-refractivity contribution >= 4 is 12.1 Å². The summed E-state index contributed by atoms with van der Waals surface area (Å²) in [4.78, 5) is 11.9. The Morgan fingerprint density at radius 1 is 1.16 bits per heavy atom. The normalized spacial score (nSPS) is 10.4. The van der Waals surface area contributed by atoms with Crippen LogP contribution in [0.4, 0.5) is 0 Å². The summed E-state index contributed by atoms with van der Waals surface area (Å²) in [5.41, 5.74) is 4.27. The lowest BCUT2D eigenvalue weighted by Crippen LogP contribution is -2.19. The summed E-state index contributed by atoms with van der Waals surface area (Å²) in [6, 6.07) is 15.0. The summed E-state index contributed by atoms with van der Waals surface area (Å²) in [7, 11) is 0. The van der Waals surface area contributed by atoms with Crippen molar-refractivity contribution in [3.63, 3.8) is 0 Å². The number of carbonyl (C=O) groups excluding carboxylic acids is 1. The Morgan fingerprint density at radius 3 is 2.68 bits per heavy atom. The molecule has 2 aromatic rings. The van der Waals surface area contributed by atoms with Crippen molar-refractivity contribution in [2.45, 2.75) is 13.3 Å². The van der Waals surface area contributed by atoms with Crippen LogP contribution in [0.5, 0.6) is 11.5 Å². The summed E-state index contributed by atoms with van der Waals surface area (Å²) >= 11 is 0. The number of ether oxygens (including phenoxy) is 2. The van der Waals surface area contributed by atoms with Crippen molar-refractivity contribution in [1.82, 2.24) is 5.43 Å². The molecule has 0 aromatic heterocycles. The van der Waals surface area contributed by atoms with Gasteiger partial charge in [-0.15, -0.1) is 0 Å². The molecule has 1 amide bonds. The standard InChI is InChI=1S/C20H22N2O3/c1-3-12-25-18-11-10-17(13-19(18)24-4-2)15-21-22-20(23)14-16-8-6-5-7-9-16/h3,5-11,13,15H,1,4,12,14H2,2H3,(H,22,23). The van der Waals surface area contributed by atoms with Crippen LogP contribution in [0.3, 0.4) is 0 Å². The molecule has 5 nitrogen and oxygen atoms in total. The quantitative estimate of drug-likeness (QED) is 0.433. The van der Waals surface area contributed by atoms with E-state index in [2.05, 4.69) is 17.1 Å². The van der Waals surface area contributed by atoms with E-state index in [4.69, 9.17) is 9.47 Å². The molecule has 0 fully saturated rings. The zero-order chi connectivity index (χ0) is 17.9. The minimum atomic E-state index is -0.168. The fourth-order valence-electron chi connectivity index (χ4n) is 2.14. The van der Waals surface area contributed by atoms with E-state index in [0.717, 1.165) is 11.1 Å². The fourth-order valence-corrected chi connectivity index (χ4v) is 2.14. The molecule has 0 aliphatic rings. The largest absolute Gasteiger partial charge is 0.490 e. The van der Waals surface area contributed by atoms with Gasteiger partial charge in [0.15, 0.2) is 11.5 Å². The Bertz CT molecular complexity index is 727. The molecule has 0 radical (unpaired) electrons. The molecule has 0 unspecified atom stereocenters. The Hall–Kier alpha value is -3.08. The van der Waals surface area contributed by atoms with Crippen LogP contribution in [0.25, 0.3) is 0 Å². The van der Waals surface area contributed by atoms with Crippen LogP contribution < -0.4 is 14.9 Å². The lowest BCUT2D eigenvalue weighted by molar-refractivity contribution is -0.120. The zero-order valence-corrected chi connectivity index (χ0v) is 14.3. The van der Waals surface area contributed by atoms with Crippen molar-refractivity contribution in [2.24, 2.45) is 5.10 Å². The van der Waals surface area contributed by atoms with Crippen LogP contribution in [0.1, 0.15) is 18.1 Å². The molecule has 2 aromatic carbocycles. The van der Waals surface area contributed by atoms with Crippen molar-refractivity contribution < 1.29 is 14.3 Å². The van der Waals surface area contributed by atoms with Crippen molar-refractivity contribution in [1.29, 1.82) is 0 Å². The van der Waals surface area contributed by atoms with Crippen LogP contribution >= 0.6 is 0 Å². The second-order valence-corrected chi connectivity index (χ2v) is 5.19. The number of hydrogen-bond acceptors (Lipinski definition) is 4. The van der Waals surface area contributed by atoms with E-state index >= 15 is 0 Å². The minimum absolute atomic E-state index is 0.168. The third-order valence-electron chi connectivity index (χ3n) is 3.23. The zero-order valence-electron chi connectivity index (χ0n) is 14.3. The Kier molecular flexibility index (Phi) is 7.25. The highest BCUT2D eigenvalue weighted by Gasteiger charge is 2.05. The first-order valence-electron chi connectivity index (χ1n) is 8.09. The topological polar surface area (TPSA) is 59.9 Å². The highest BCUT2D eigenvalue weighted by molar-refractivity contribution is 5.84. The van der Waals surface area contributed by atoms with Gasteiger partial charge in [-0.2, -0.15) is 5.10 Å². The van der Waals surface area contributed by atoms with Gasteiger partial charge in [0, 0.05) is 0 Å². The molecular weight excluding hydrogens is 316 g/mol. The molecule has 0 spiro atoms. The molecule has 0 atom stereocenters. The second kappa shape index (κ2) is 9.93. The van der Waals surface area contributed by atoms with Crippen molar-refractivity contribution in [3.8, 4) is 11.5 Å². The summed E-state index contributed by atoms with van der Waals surface area (Å²) in [6.07, 6.45) is 3.53. The first kappa shape index (κ1) is 18.3. The maximum atomic E-state index is 11.9. The molecule has 0 saturated carbocycles. The number of carbonyl (C=O) groups is 1. The SMILES string of the molecule is C=CCOc1ccc(C=NNC(=O)Cc2ccccc2)cc1OCC. The van der Waals surface area contributed by atoms with Gasteiger partial charge in [0.25, 0.3) is 0 Å². The van der Waals surface area contributed by atoms with Gasteiger partial charge in [0.1, 0.15) is 6.61 Å². The van der Waals surface area contributed by atoms with E-state index in [0.29, 0.717) is 24.7 Å². The van der Waals surface area contributed by atoms with Crippen LogP contribution in [0.15, 0.2) is 66.3 Å². The molecule has 0 bridgehead atoms. The summed E-state index contributed by atoms with van der Waals surface area (Å²) in [5.74, 6) is 1.11. The van der Waals surface area contributed by atoms with E-state index in [1.807, 2.05) is 55.5 Å². The van der Waals surface area contributed by atoms with E-state index in [1.54, 1.807) is 12.3 Å². The second-order valence-electron chi connectivity index (χ2n) is 5.19. The van der Waals surface area contributed by atoms with Gasteiger partial charge >= 0.3 is 0 Å². The first-order chi connectivity index (χ1) is 12.2. The molecule has 0 aliphatic carbocycles. The maximum Gasteiger partial charge on any atom is 0.244 e. The van der Waals surface area contributed by atoms with Gasteiger partial charge in [-0.25, -0.2) is 5.43 Å². The molecule has 0 aliphatic heterocycles. The van der Waals surface area contributed by atoms with Gasteiger partial charge in [0.2, 0.25) is 5.91 Å². The van der Waals surface area contributed by atoms with E-state index in [-0.39, 0.29) is 12.3 Å². The number of hydrogen-bond donors (Lipinski definition) is 1. The van der Waals surface area contributed by atoms with Gasteiger partial charge in [-0.3, -0.25) is 4.79 Å². The molecule has 5 heteroatoms. The van der Waals surface area contributed by atoms with Gasteiger partial charge in [-0.1, -0.05) is 43.0 Å². The molecule has 2 rings (SSSR count). The fraction of sp³-hybridized carbons (Fsp3) is 0.200. The number of nitrogens with one attached hydrogen (secondary N) is 1. The van der Waals surface area contributed by atoms with E-state index in [1.165, 1.54) is 0 Å². The Morgan fingerprint density at radius 2 is 1.96 bits per heavy atom. The van der Waals surface area contributed by atoms with Gasteiger partial charge in [-0.05, 0) is 36.2 Å². The maximum absolute atomic E-state index is 11.9. The number of nitrogens with zero attached hydrogens (tertiary/aromatic N) is 1. The monoisotopic (exact) mass is 338 g/mol. The molecular formula is C20H22N2O3. The predicted octanol–water partition coefficient (Wildman–Crippen LogP) is 3.34. The lowest BCUT2D eigenvalue weighted by atomic mass is 10.1. The number of rotatable bonds is 9. The van der Waals surface area contributed by atoms with Gasteiger partial charge in [0.05, 0.1) is 19.2 Å². The highest BCUT2D eigenvalue weighted by Crippen LogP contribution is 2.28. The van der Waals surface area contributed by atoms with E-state index in [9.17, 15) is 4.79 Å². The Balaban J connectivity index is 1.96. The van der Waals surface area contributed by atoms with Crippen LogP contribution in [-0.2, 0) is 11.2 Å². The molecule has 0 saturated heterocycles. The van der Waals surface area contributed by atoms with Crippen LogP contribution in [0.2, 0.25) is 0 Å². The highest BCUT2D eigenvalue weighted by atomic mass is 16.5. The summed E-state index contributed by atoms with van der Waals surface area (Å²) < 4.78 is 11.1. The number of amides is 1. The molecule has 1 N–H and O–H groups in total. The third-order valence-corrected chi connectivity index (χ3v) is 3.23. The smallest absolute Gasteiger partial charge is 0.244 e. The average molecular weight is 338 g/mol. The Labute approximate surface area is 148 Å².